The molecule has 30 heavy (non-hydrogen) atoms. The van der Waals surface area contributed by atoms with Gasteiger partial charge in [0.25, 0.3) is 5.91 Å². The number of nitrogens with one attached hydrogen (secondary N) is 1. The van der Waals surface area contributed by atoms with E-state index in [0.29, 0.717) is 16.3 Å². The SMILES string of the molecule is COc1ccc(-c2nc3ccccc3c(C(=O)Nc3cc(Cl)ccc3C)c2C)cc1. The van der Waals surface area contributed by atoms with Crippen molar-refractivity contribution in [3.05, 3.63) is 88.4 Å². The van der Waals surface area contributed by atoms with Crippen molar-refractivity contribution in [2.75, 3.05) is 12.4 Å². The lowest BCUT2D eigenvalue weighted by atomic mass is 9.97. The van der Waals surface area contributed by atoms with Gasteiger partial charge in [0.1, 0.15) is 5.75 Å². The Balaban J connectivity index is 1.86. The van der Waals surface area contributed by atoms with Crippen molar-refractivity contribution < 1.29 is 9.53 Å². The number of para-hydroxylation sites is 1. The highest BCUT2D eigenvalue weighted by Gasteiger charge is 2.19. The number of hydrogen-bond acceptors (Lipinski definition) is 3. The number of anilines is 1. The van der Waals surface area contributed by atoms with Crippen LogP contribution in [0.2, 0.25) is 5.02 Å². The van der Waals surface area contributed by atoms with Gasteiger partial charge in [-0.05, 0) is 67.4 Å². The lowest BCUT2D eigenvalue weighted by molar-refractivity contribution is 0.102. The van der Waals surface area contributed by atoms with Gasteiger partial charge in [-0.3, -0.25) is 4.79 Å². The third kappa shape index (κ3) is 3.74. The second kappa shape index (κ2) is 8.17. The maximum absolute atomic E-state index is 13.4. The molecule has 0 saturated heterocycles. The second-order valence-corrected chi connectivity index (χ2v) is 7.56. The fourth-order valence-electron chi connectivity index (χ4n) is 3.54. The van der Waals surface area contributed by atoms with E-state index in [2.05, 4.69) is 5.32 Å². The van der Waals surface area contributed by atoms with Crippen LogP contribution >= 0.6 is 11.6 Å². The van der Waals surface area contributed by atoms with Crippen LogP contribution in [0.25, 0.3) is 22.2 Å². The van der Waals surface area contributed by atoms with Crippen molar-refractivity contribution in [2.45, 2.75) is 13.8 Å². The van der Waals surface area contributed by atoms with Crippen molar-refractivity contribution in [3.8, 4) is 17.0 Å². The molecule has 1 amide bonds. The molecule has 0 aliphatic heterocycles. The number of carbonyl (C=O) groups excluding carboxylic acids is 1. The summed E-state index contributed by atoms with van der Waals surface area (Å²) in [5.74, 6) is 0.581. The fourth-order valence-corrected chi connectivity index (χ4v) is 3.72. The Bertz CT molecular complexity index is 1250. The molecule has 1 N–H and O–H groups in total. The number of halogens is 1. The van der Waals surface area contributed by atoms with Crippen LogP contribution in [0.3, 0.4) is 0 Å². The topological polar surface area (TPSA) is 51.2 Å². The van der Waals surface area contributed by atoms with Crippen LogP contribution in [0, 0.1) is 13.8 Å². The molecule has 0 saturated carbocycles. The second-order valence-electron chi connectivity index (χ2n) is 7.12. The molecule has 0 aliphatic rings. The van der Waals surface area contributed by atoms with E-state index in [1.54, 1.807) is 19.2 Å². The van der Waals surface area contributed by atoms with Crippen molar-refractivity contribution in [1.82, 2.24) is 4.98 Å². The summed E-state index contributed by atoms with van der Waals surface area (Å²) in [5.41, 5.74) is 5.51. The summed E-state index contributed by atoms with van der Waals surface area (Å²) in [7, 11) is 1.63. The molecule has 0 aliphatic carbocycles. The highest BCUT2D eigenvalue weighted by molar-refractivity contribution is 6.31. The number of fused-ring (bicyclic) bond motifs is 1. The number of pyridine rings is 1. The summed E-state index contributed by atoms with van der Waals surface area (Å²) < 4.78 is 5.26. The summed E-state index contributed by atoms with van der Waals surface area (Å²) in [5, 5.41) is 4.41. The quantitative estimate of drug-likeness (QED) is 0.417. The average Bonchev–Trinajstić information content (AvgIpc) is 2.76. The molecule has 3 aromatic carbocycles. The predicted molar refractivity (Wildman–Crippen MR) is 123 cm³/mol. The van der Waals surface area contributed by atoms with Gasteiger partial charge < -0.3 is 10.1 Å². The summed E-state index contributed by atoms with van der Waals surface area (Å²) >= 11 is 6.13. The van der Waals surface area contributed by atoms with E-state index in [0.717, 1.165) is 39.0 Å². The summed E-state index contributed by atoms with van der Waals surface area (Å²) in [6.07, 6.45) is 0. The first-order valence-corrected chi connectivity index (χ1v) is 9.97. The van der Waals surface area contributed by atoms with Crippen molar-refractivity contribution in [1.29, 1.82) is 0 Å². The van der Waals surface area contributed by atoms with Gasteiger partial charge in [0.15, 0.2) is 0 Å². The van der Waals surface area contributed by atoms with Gasteiger partial charge in [0.05, 0.1) is 23.9 Å². The Morgan fingerprint density at radius 1 is 1.00 bits per heavy atom. The van der Waals surface area contributed by atoms with Crippen molar-refractivity contribution in [3.63, 3.8) is 0 Å². The van der Waals surface area contributed by atoms with Crippen LogP contribution in [0.4, 0.5) is 5.69 Å². The molecule has 0 fully saturated rings. The zero-order chi connectivity index (χ0) is 21.3. The molecule has 0 bridgehead atoms. The molecule has 5 heteroatoms. The van der Waals surface area contributed by atoms with E-state index < -0.39 is 0 Å². The summed E-state index contributed by atoms with van der Waals surface area (Å²) in [4.78, 5) is 18.2. The minimum Gasteiger partial charge on any atom is -0.497 e. The van der Waals surface area contributed by atoms with Crippen LogP contribution in [-0.4, -0.2) is 18.0 Å². The zero-order valence-electron chi connectivity index (χ0n) is 17.0. The Hall–Kier alpha value is -3.37. The molecule has 4 aromatic rings. The third-order valence-corrected chi connectivity index (χ3v) is 5.41. The van der Waals surface area contributed by atoms with E-state index in [1.807, 2.05) is 68.4 Å². The number of ether oxygens (including phenoxy) is 1. The molecule has 0 atom stereocenters. The van der Waals surface area contributed by atoms with Gasteiger partial charge in [-0.1, -0.05) is 35.9 Å². The number of aromatic nitrogens is 1. The first-order valence-electron chi connectivity index (χ1n) is 9.59. The molecule has 0 unspecified atom stereocenters. The Labute approximate surface area is 180 Å². The largest absolute Gasteiger partial charge is 0.497 e. The highest BCUT2D eigenvalue weighted by atomic mass is 35.5. The maximum Gasteiger partial charge on any atom is 0.256 e. The molecular formula is C25H21ClN2O2. The van der Waals surface area contributed by atoms with E-state index in [-0.39, 0.29) is 5.91 Å². The standard InChI is InChI=1S/C25H21ClN2O2/c1-15-8-11-18(26)14-22(15)28-25(29)23-16(2)24(17-9-12-19(30-3)13-10-17)27-21-7-5-4-6-20(21)23/h4-14H,1-3H3,(H,28,29). The monoisotopic (exact) mass is 416 g/mol. The molecule has 150 valence electrons. The molecule has 1 heterocycles. The van der Waals surface area contributed by atoms with Gasteiger partial charge in [-0.25, -0.2) is 4.98 Å². The van der Waals surface area contributed by atoms with Gasteiger partial charge in [0.2, 0.25) is 0 Å². The van der Waals surface area contributed by atoms with E-state index in [1.165, 1.54) is 0 Å². The van der Waals surface area contributed by atoms with Gasteiger partial charge >= 0.3 is 0 Å². The van der Waals surface area contributed by atoms with Crippen LogP contribution in [0.15, 0.2) is 66.7 Å². The Kier molecular flexibility index (Phi) is 5.42. The van der Waals surface area contributed by atoms with E-state index in [4.69, 9.17) is 21.3 Å². The first-order chi connectivity index (χ1) is 14.5. The number of benzene rings is 3. The van der Waals surface area contributed by atoms with Crippen molar-refractivity contribution >= 4 is 34.1 Å². The molecule has 4 rings (SSSR count). The number of rotatable bonds is 4. The number of nitrogens with zero attached hydrogens (tertiary/aromatic N) is 1. The number of aryl methyl sites for hydroxylation is 1. The average molecular weight is 417 g/mol. The lowest BCUT2D eigenvalue weighted by Crippen LogP contribution is -2.16. The predicted octanol–water partition coefficient (Wildman–Crippen LogP) is 6.43. The number of methoxy groups -OCH3 is 1. The minimum atomic E-state index is -0.189. The first kappa shape index (κ1) is 19.9. The van der Waals surface area contributed by atoms with Gasteiger partial charge in [0, 0.05) is 21.7 Å². The highest BCUT2D eigenvalue weighted by Crippen LogP contribution is 2.31. The van der Waals surface area contributed by atoms with Crippen LogP contribution in [-0.2, 0) is 0 Å². The normalized spacial score (nSPS) is 10.8. The van der Waals surface area contributed by atoms with E-state index >= 15 is 0 Å². The molecule has 1 aromatic heterocycles. The van der Waals surface area contributed by atoms with Gasteiger partial charge in [-0.15, -0.1) is 0 Å². The lowest BCUT2D eigenvalue weighted by Gasteiger charge is -2.16. The number of carbonyl (C=O) groups is 1. The molecule has 0 spiro atoms. The molecule has 0 radical (unpaired) electrons. The van der Waals surface area contributed by atoms with Crippen molar-refractivity contribution in [2.24, 2.45) is 0 Å². The van der Waals surface area contributed by atoms with Crippen LogP contribution in [0.5, 0.6) is 5.75 Å². The molecular weight excluding hydrogens is 396 g/mol. The van der Waals surface area contributed by atoms with Gasteiger partial charge in [-0.2, -0.15) is 0 Å². The Morgan fingerprint density at radius 3 is 2.47 bits per heavy atom. The number of amides is 1. The minimum absolute atomic E-state index is 0.189. The van der Waals surface area contributed by atoms with Crippen LogP contribution < -0.4 is 10.1 Å². The smallest absolute Gasteiger partial charge is 0.256 e. The summed E-state index contributed by atoms with van der Waals surface area (Å²) in [6, 6.07) is 20.8. The fraction of sp³-hybridized carbons (Fsp3) is 0.120. The maximum atomic E-state index is 13.4. The summed E-state index contributed by atoms with van der Waals surface area (Å²) in [6.45, 7) is 3.87. The molecule has 4 nitrogen and oxygen atoms in total. The Morgan fingerprint density at radius 2 is 1.73 bits per heavy atom. The van der Waals surface area contributed by atoms with Crippen LogP contribution in [0.1, 0.15) is 21.5 Å². The van der Waals surface area contributed by atoms with E-state index in [9.17, 15) is 4.79 Å². The zero-order valence-corrected chi connectivity index (χ0v) is 17.7. The number of hydrogen-bond donors (Lipinski definition) is 1. The third-order valence-electron chi connectivity index (χ3n) is 5.17.